The van der Waals surface area contributed by atoms with E-state index in [2.05, 4.69) is 10.4 Å². The molecule has 1 heterocycles. The topological polar surface area (TPSA) is 82.4 Å². The average Bonchev–Trinajstić information content (AvgIpc) is 2.97. The first kappa shape index (κ1) is 19.2. The lowest BCUT2D eigenvalue weighted by Gasteiger charge is -2.08. The summed E-state index contributed by atoms with van der Waals surface area (Å²) in [5.41, 5.74) is 3.01. The minimum atomic E-state index is -0.568. The van der Waals surface area contributed by atoms with Crippen LogP contribution >= 0.6 is 0 Å². The Labute approximate surface area is 162 Å². The number of ether oxygens (including phenoxy) is 2. The van der Waals surface area contributed by atoms with Gasteiger partial charge in [-0.1, -0.05) is 24.3 Å². The van der Waals surface area contributed by atoms with Gasteiger partial charge in [0, 0.05) is 11.8 Å². The molecule has 0 aliphatic rings. The molecule has 0 spiro atoms. The van der Waals surface area contributed by atoms with Crippen LogP contribution in [0.1, 0.15) is 28.7 Å². The molecule has 7 nitrogen and oxygen atoms in total. The fraction of sp³-hybridized carbons (Fsp3) is 0.190. The second-order valence-corrected chi connectivity index (χ2v) is 6.06. The lowest BCUT2D eigenvalue weighted by atomic mass is 10.2. The van der Waals surface area contributed by atoms with Gasteiger partial charge in [0.05, 0.1) is 23.7 Å². The van der Waals surface area contributed by atoms with Crippen molar-refractivity contribution in [2.75, 3.05) is 11.9 Å². The minimum absolute atomic E-state index is 0.268. The third-order valence-electron chi connectivity index (χ3n) is 4.06. The molecule has 3 rings (SSSR count). The highest BCUT2D eigenvalue weighted by atomic mass is 16.5. The first-order chi connectivity index (χ1) is 13.5. The highest BCUT2D eigenvalue weighted by molar-refractivity contribution is 5.94. The van der Waals surface area contributed by atoms with Gasteiger partial charge in [-0.25, -0.2) is 14.3 Å². The minimum Gasteiger partial charge on any atom is -0.450 e. The predicted octanol–water partition coefficient (Wildman–Crippen LogP) is 4.28. The summed E-state index contributed by atoms with van der Waals surface area (Å²) in [5, 5.41) is 7.04. The second kappa shape index (κ2) is 8.39. The van der Waals surface area contributed by atoms with Crippen LogP contribution in [0.2, 0.25) is 0 Å². The van der Waals surface area contributed by atoms with Gasteiger partial charge in [0.15, 0.2) is 0 Å². The molecular formula is C21H21N3O4. The van der Waals surface area contributed by atoms with Crippen molar-refractivity contribution in [2.45, 2.75) is 20.8 Å². The third kappa shape index (κ3) is 4.20. The highest BCUT2D eigenvalue weighted by Crippen LogP contribution is 2.22. The van der Waals surface area contributed by atoms with Crippen molar-refractivity contribution in [3.63, 3.8) is 0 Å². The van der Waals surface area contributed by atoms with Crippen molar-refractivity contribution in [1.82, 2.24) is 9.78 Å². The molecule has 0 saturated carbocycles. The number of carbonyl (C=O) groups is 2. The van der Waals surface area contributed by atoms with E-state index in [0.717, 1.165) is 5.69 Å². The Kier molecular flexibility index (Phi) is 5.74. The van der Waals surface area contributed by atoms with E-state index in [1.54, 1.807) is 42.8 Å². The SMILES string of the molecule is CCOC(=O)Nc1cccc(OC(=O)c2c(C)nn(-c3ccccc3)c2C)c1. The first-order valence-corrected chi connectivity index (χ1v) is 8.87. The number of amides is 1. The van der Waals surface area contributed by atoms with E-state index in [1.807, 2.05) is 37.3 Å². The zero-order valence-corrected chi connectivity index (χ0v) is 15.9. The number of hydrogen-bond donors (Lipinski definition) is 1. The van der Waals surface area contributed by atoms with Gasteiger partial charge in [-0.3, -0.25) is 5.32 Å². The molecule has 3 aromatic rings. The maximum absolute atomic E-state index is 12.7. The summed E-state index contributed by atoms with van der Waals surface area (Å²) in [6.07, 6.45) is -0.568. The quantitative estimate of drug-likeness (QED) is 0.529. The van der Waals surface area contributed by atoms with Crippen molar-refractivity contribution in [1.29, 1.82) is 0 Å². The summed E-state index contributed by atoms with van der Waals surface area (Å²) in [6.45, 7) is 5.58. The summed E-state index contributed by atoms with van der Waals surface area (Å²) >= 11 is 0. The van der Waals surface area contributed by atoms with E-state index in [1.165, 1.54) is 0 Å². The zero-order chi connectivity index (χ0) is 20.1. The van der Waals surface area contributed by atoms with Crippen LogP contribution in [0.15, 0.2) is 54.6 Å². The molecular weight excluding hydrogens is 358 g/mol. The van der Waals surface area contributed by atoms with Crippen molar-refractivity contribution in [3.8, 4) is 11.4 Å². The molecule has 0 atom stereocenters. The maximum atomic E-state index is 12.7. The van der Waals surface area contributed by atoms with E-state index < -0.39 is 12.1 Å². The molecule has 144 valence electrons. The molecule has 0 aliphatic heterocycles. The molecule has 28 heavy (non-hydrogen) atoms. The molecule has 0 fully saturated rings. The van der Waals surface area contributed by atoms with Crippen LogP contribution < -0.4 is 10.1 Å². The normalized spacial score (nSPS) is 10.4. The molecule has 2 aromatic carbocycles. The van der Waals surface area contributed by atoms with Gasteiger partial charge in [0.2, 0.25) is 0 Å². The second-order valence-electron chi connectivity index (χ2n) is 6.06. The molecule has 1 N–H and O–H groups in total. The Balaban J connectivity index is 1.81. The molecule has 1 aromatic heterocycles. The molecule has 0 radical (unpaired) electrons. The number of carbonyl (C=O) groups excluding carboxylic acids is 2. The van der Waals surface area contributed by atoms with Gasteiger partial charge in [0.25, 0.3) is 0 Å². The number of aromatic nitrogens is 2. The summed E-state index contributed by atoms with van der Waals surface area (Å²) in [7, 11) is 0. The van der Waals surface area contributed by atoms with Crippen LogP contribution in [0.3, 0.4) is 0 Å². The lowest BCUT2D eigenvalue weighted by Crippen LogP contribution is -2.14. The monoisotopic (exact) mass is 379 g/mol. The number of aryl methyl sites for hydroxylation is 1. The maximum Gasteiger partial charge on any atom is 0.411 e. The largest absolute Gasteiger partial charge is 0.450 e. The fourth-order valence-electron chi connectivity index (χ4n) is 2.84. The van der Waals surface area contributed by atoms with Crippen molar-refractivity contribution >= 4 is 17.7 Å². The smallest absolute Gasteiger partial charge is 0.411 e. The van der Waals surface area contributed by atoms with Crippen molar-refractivity contribution < 1.29 is 19.1 Å². The van der Waals surface area contributed by atoms with E-state index in [0.29, 0.717) is 28.4 Å². The first-order valence-electron chi connectivity index (χ1n) is 8.87. The molecule has 0 aliphatic carbocycles. The number of rotatable bonds is 5. The highest BCUT2D eigenvalue weighted by Gasteiger charge is 2.21. The summed E-state index contributed by atoms with van der Waals surface area (Å²) in [5.74, 6) is -0.198. The van der Waals surface area contributed by atoms with Gasteiger partial charge in [-0.15, -0.1) is 0 Å². The average molecular weight is 379 g/mol. The molecule has 7 heteroatoms. The van der Waals surface area contributed by atoms with E-state index in [9.17, 15) is 9.59 Å². The summed E-state index contributed by atoms with van der Waals surface area (Å²) in [4.78, 5) is 24.3. The Morgan fingerprint density at radius 3 is 2.54 bits per heavy atom. The van der Waals surface area contributed by atoms with Crippen LogP contribution in [-0.4, -0.2) is 28.4 Å². The number of nitrogens with one attached hydrogen (secondary N) is 1. The van der Waals surface area contributed by atoms with E-state index in [4.69, 9.17) is 9.47 Å². The van der Waals surface area contributed by atoms with Crippen molar-refractivity contribution in [2.24, 2.45) is 0 Å². The Morgan fingerprint density at radius 2 is 1.82 bits per heavy atom. The molecule has 1 amide bonds. The van der Waals surface area contributed by atoms with Crippen LogP contribution in [0, 0.1) is 13.8 Å². The summed E-state index contributed by atoms with van der Waals surface area (Å²) in [6, 6.07) is 16.1. The van der Waals surface area contributed by atoms with Crippen LogP contribution in [0.25, 0.3) is 5.69 Å². The van der Waals surface area contributed by atoms with Crippen molar-refractivity contribution in [3.05, 3.63) is 71.5 Å². The summed E-state index contributed by atoms with van der Waals surface area (Å²) < 4.78 is 12.1. The van der Waals surface area contributed by atoms with Crippen LogP contribution in [0.5, 0.6) is 5.75 Å². The number of anilines is 1. The molecule has 0 saturated heterocycles. The van der Waals surface area contributed by atoms with Gasteiger partial charge < -0.3 is 9.47 Å². The lowest BCUT2D eigenvalue weighted by molar-refractivity contribution is 0.0733. The van der Waals surface area contributed by atoms with Gasteiger partial charge in [-0.2, -0.15) is 5.10 Å². The number of benzene rings is 2. The van der Waals surface area contributed by atoms with Gasteiger partial charge >= 0.3 is 12.1 Å². The molecule has 0 bridgehead atoms. The third-order valence-corrected chi connectivity index (χ3v) is 4.06. The molecule has 0 unspecified atom stereocenters. The fourth-order valence-corrected chi connectivity index (χ4v) is 2.84. The number of nitrogens with zero attached hydrogens (tertiary/aromatic N) is 2. The number of esters is 1. The standard InChI is InChI=1S/C21H21N3O4/c1-4-27-21(26)22-16-9-8-12-18(13-16)28-20(25)19-14(2)23-24(15(19)3)17-10-6-5-7-11-17/h5-13H,4H2,1-3H3,(H,22,26). The Bertz CT molecular complexity index is 996. The predicted molar refractivity (Wildman–Crippen MR) is 105 cm³/mol. The van der Waals surface area contributed by atoms with E-state index >= 15 is 0 Å². The zero-order valence-electron chi connectivity index (χ0n) is 15.9. The Morgan fingerprint density at radius 1 is 1.07 bits per heavy atom. The van der Waals surface area contributed by atoms with Crippen LogP contribution in [-0.2, 0) is 4.74 Å². The van der Waals surface area contributed by atoms with E-state index in [-0.39, 0.29) is 6.61 Å². The van der Waals surface area contributed by atoms with Crippen LogP contribution in [0.4, 0.5) is 10.5 Å². The van der Waals surface area contributed by atoms with Gasteiger partial charge in [-0.05, 0) is 45.0 Å². The van der Waals surface area contributed by atoms with Gasteiger partial charge in [0.1, 0.15) is 11.3 Å². The number of hydrogen-bond acceptors (Lipinski definition) is 5. The number of para-hydroxylation sites is 1. The Hall–Kier alpha value is -3.61.